The van der Waals surface area contributed by atoms with Crippen LogP contribution in [0, 0.1) is 0 Å². The molecule has 2 rings (SSSR count). The van der Waals surface area contributed by atoms with Crippen LogP contribution in [0.1, 0.15) is 18.2 Å². The summed E-state index contributed by atoms with van der Waals surface area (Å²) in [5.74, 6) is 1.28. The van der Waals surface area contributed by atoms with E-state index in [4.69, 9.17) is 16.3 Å². The normalized spacial score (nSPS) is 10.5. The number of hydrogen-bond donors (Lipinski definition) is 0. The average Bonchev–Trinajstić information content (AvgIpc) is 2.80. The number of alkyl halides is 1. The van der Waals surface area contributed by atoms with Crippen molar-refractivity contribution in [1.29, 1.82) is 0 Å². The molecule has 0 spiro atoms. The number of rotatable bonds is 5. The van der Waals surface area contributed by atoms with E-state index in [-0.39, 0.29) is 0 Å². The van der Waals surface area contributed by atoms with Gasteiger partial charge in [-0.1, -0.05) is 17.3 Å². The molecule has 1 aromatic heterocycles. The van der Waals surface area contributed by atoms with Gasteiger partial charge in [-0.2, -0.15) is 0 Å². The van der Waals surface area contributed by atoms with Crippen LogP contribution in [0.5, 0.6) is 5.75 Å². The van der Waals surface area contributed by atoms with Crippen molar-refractivity contribution in [2.75, 3.05) is 6.61 Å². The molecule has 0 atom stereocenters. The molecule has 0 N–H and O–H groups in total. The summed E-state index contributed by atoms with van der Waals surface area (Å²) in [7, 11) is 0. The predicted octanol–water partition coefficient (Wildman–Crippen LogP) is 2.46. The minimum absolute atomic E-state index is 0.392. The van der Waals surface area contributed by atoms with Crippen molar-refractivity contribution in [2.45, 2.75) is 19.3 Å². The molecule has 0 bridgehead atoms. The molecule has 0 aliphatic rings. The third-order valence-electron chi connectivity index (χ3n) is 2.30. The van der Waals surface area contributed by atoms with Gasteiger partial charge in [0, 0.05) is 0 Å². The minimum Gasteiger partial charge on any atom is -0.494 e. The Morgan fingerprint density at radius 3 is 2.65 bits per heavy atom. The van der Waals surface area contributed by atoms with Gasteiger partial charge in [0.25, 0.3) is 0 Å². The Labute approximate surface area is 105 Å². The van der Waals surface area contributed by atoms with E-state index < -0.39 is 0 Å². The van der Waals surface area contributed by atoms with Crippen molar-refractivity contribution in [3.05, 3.63) is 41.7 Å². The van der Waals surface area contributed by atoms with Gasteiger partial charge < -0.3 is 4.74 Å². The van der Waals surface area contributed by atoms with Crippen molar-refractivity contribution in [2.24, 2.45) is 0 Å². The second kappa shape index (κ2) is 5.68. The maximum Gasteiger partial charge on any atom is 0.119 e. The van der Waals surface area contributed by atoms with E-state index in [0.717, 1.165) is 17.0 Å². The molecule has 17 heavy (non-hydrogen) atoms. The Morgan fingerprint density at radius 1 is 1.29 bits per heavy atom. The van der Waals surface area contributed by atoms with Crippen LogP contribution in [0.15, 0.2) is 30.5 Å². The molecule has 0 fully saturated rings. The molecule has 1 heterocycles. The number of benzene rings is 1. The fourth-order valence-electron chi connectivity index (χ4n) is 1.52. The highest BCUT2D eigenvalue weighted by molar-refractivity contribution is 6.16. The molecular weight excluding hydrogens is 238 g/mol. The summed E-state index contributed by atoms with van der Waals surface area (Å²) < 4.78 is 7.15. The third-order valence-corrected chi connectivity index (χ3v) is 2.58. The first kappa shape index (κ1) is 11.9. The summed E-state index contributed by atoms with van der Waals surface area (Å²) >= 11 is 5.67. The number of aromatic nitrogens is 3. The predicted molar refractivity (Wildman–Crippen MR) is 66.3 cm³/mol. The quantitative estimate of drug-likeness (QED) is 0.767. The number of halogens is 1. The zero-order chi connectivity index (χ0) is 12.1. The molecule has 0 aliphatic heterocycles. The first-order valence-electron chi connectivity index (χ1n) is 5.48. The SMILES string of the molecule is CCOc1ccc(Cn2cc(CCl)nn2)cc1. The summed E-state index contributed by atoms with van der Waals surface area (Å²) in [5, 5.41) is 7.93. The summed E-state index contributed by atoms with van der Waals surface area (Å²) in [6, 6.07) is 7.95. The number of nitrogens with zero attached hydrogens (tertiary/aromatic N) is 3. The van der Waals surface area contributed by atoms with Crippen molar-refractivity contribution in [3.63, 3.8) is 0 Å². The van der Waals surface area contributed by atoms with Crippen LogP contribution < -0.4 is 4.74 Å². The molecule has 5 heteroatoms. The molecule has 2 aromatic rings. The molecular formula is C12H14ClN3O. The molecule has 4 nitrogen and oxygen atoms in total. The van der Waals surface area contributed by atoms with Crippen molar-refractivity contribution < 1.29 is 4.74 Å². The molecule has 0 radical (unpaired) electrons. The van der Waals surface area contributed by atoms with Crippen LogP contribution in [0.4, 0.5) is 0 Å². The van der Waals surface area contributed by atoms with E-state index in [9.17, 15) is 0 Å². The molecule has 1 aromatic carbocycles. The van der Waals surface area contributed by atoms with E-state index in [1.807, 2.05) is 37.4 Å². The lowest BCUT2D eigenvalue weighted by molar-refractivity contribution is 0.340. The van der Waals surface area contributed by atoms with Crippen LogP contribution in [0.3, 0.4) is 0 Å². The molecule has 0 amide bonds. The summed E-state index contributed by atoms with van der Waals surface area (Å²) in [6.07, 6.45) is 1.85. The lowest BCUT2D eigenvalue weighted by Crippen LogP contribution is -2.00. The maximum atomic E-state index is 5.67. The molecule has 0 saturated carbocycles. The van der Waals surface area contributed by atoms with E-state index >= 15 is 0 Å². The van der Waals surface area contributed by atoms with Gasteiger partial charge >= 0.3 is 0 Å². The summed E-state index contributed by atoms with van der Waals surface area (Å²) in [6.45, 7) is 3.34. The van der Waals surface area contributed by atoms with Crippen LogP contribution in [-0.4, -0.2) is 21.6 Å². The van der Waals surface area contributed by atoms with Gasteiger partial charge in [-0.15, -0.1) is 16.7 Å². The summed E-state index contributed by atoms with van der Waals surface area (Å²) in [4.78, 5) is 0. The smallest absolute Gasteiger partial charge is 0.119 e. The monoisotopic (exact) mass is 251 g/mol. The molecule has 0 aliphatic carbocycles. The fourth-order valence-corrected chi connectivity index (χ4v) is 1.64. The molecule has 0 unspecified atom stereocenters. The zero-order valence-electron chi connectivity index (χ0n) is 9.64. The third kappa shape index (κ3) is 3.20. The zero-order valence-corrected chi connectivity index (χ0v) is 10.4. The highest BCUT2D eigenvalue weighted by Gasteiger charge is 2.00. The Kier molecular flexibility index (Phi) is 3.98. The van der Waals surface area contributed by atoms with Crippen molar-refractivity contribution in [1.82, 2.24) is 15.0 Å². The second-order valence-corrected chi connectivity index (χ2v) is 3.89. The maximum absolute atomic E-state index is 5.67. The topological polar surface area (TPSA) is 39.9 Å². The van der Waals surface area contributed by atoms with Crippen molar-refractivity contribution in [3.8, 4) is 5.75 Å². The standard InChI is InChI=1S/C12H14ClN3O/c1-2-17-12-5-3-10(4-6-12)8-16-9-11(7-13)14-15-16/h3-6,9H,2,7-8H2,1H3. The van der Waals surface area contributed by atoms with Crippen LogP contribution in [0.2, 0.25) is 0 Å². The Hall–Kier alpha value is -1.55. The van der Waals surface area contributed by atoms with E-state index in [2.05, 4.69) is 10.3 Å². The van der Waals surface area contributed by atoms with Gasteiger partial charge in [-0.3, -0.25) is 0 Å². The Bertz CT molecular complexity index is 467. The van der Waals surface area contributed by atoms with Crippen molar-refractivity contribution >= 4 is 11.6 Å². The molecule has 0 saturated heterocycles. The second-order valence-electron chi connectivity index (χ2n) is 3.62. The summed E-state index contributed by atoms with van der Waals surface area (Å²) in [5.41, 5.74) is 1.94. The van der Waals surface area contributed by atoms with Gasteiger partial charge in [0.05, 0.1) is 30.9 Å². The van der Waals surface area contributed by atoms with Crippen LogP contribution in [-0.2, 0) is 12.4 Å². The lowest BCUT2D eigenvalue weighted by atomic mass is 10.2. The average molecular weight is 252 g/mol. The van der Waals surface area contributed by atoms with Gasteiger partial charge in [0.2, 0.25) is 0 Å². The largest absolute Gasteiger partial charge is 0.494 e. The number of ether oxygens (including phenoxy) is 1. The molecule has 90 valence electrons. The highest BCUT2D eigenvalue weighted by atomic mass is 35.5. The van der Waals surface area contributed by atoms with Gasteiger partial charge in [-0.25, -0.2) is 4.68 Å². The van der Waals surface area contributed by atoms with Gasteiger partial charge in [0.15, 0.2) is 0 Å². The lowest BCUT2D eigenvalue weighted by Gasteiger charge is -2.04. The Balaban J connectivity index is 2.03. The Morgan fingerprint density at radius 2 is 2.06 bits per heavy atom. The van der Waals surface area contributed by atoms with Gasteiger partial charge in [-0.05, 0) is 24.6 Å². The first-order valence-corrected chi connectivity index (χ1v) is 6.02. The first-order chi connectivity index (χ1) is 8.31. The van der Waals surface area contributed by atoms with E-state index in [1.54, 1.807) is 4.68 Å². The number of hydrogen-bond acceptors (Lipinski definition) is 3. The minimum atomic E-state index is 0.392. The van der Waals surface area contributed by atoms with Crippen LogP contribution in [0.25, 0.3) is 0 Å². The van der Waals surface area contributed by atoms with E-state index in [1.165, 1.54) is 0 Å². The highest BCUT2D eigenvalue weighted by Crippen LogP contribution is 2.12. The fraction of sp³-hybridized carbons (Fsp3) is 0.333. The van der Waals surface area contributed by atoms with E-state index in [0.29, 0.717) is 19.0 Å². The van der Waals surface area contributed by atoms with Crippen LogP contribution >= 0.6 is 11.6 Å². The van der Waals surface area contributed by atoms with Gasteiger partial charge in [0.1, 0.15) is 5.75 Å².